The third kappa shape index (κ3) is 4.20. The van der Waals surface area contributed by atoms with E-state index in [1.807, 2.05) is 32.0 Å². The van der Waals surface area contributed by atoms with Crippen molar-refractivity contribution in [3.05, 3.63) is 35.6 Å². The van der Waals surface area contributed by atoms with Crippen molar-refractivity contribution in [1.82, 2.24) is 5.32 Å². The molecule has 1 saturated carbocycles. The SMILES string of the molecule is CCOCc1c(C(=O)OCC(=O)N[C@@H](C)C2CC2)oc2ccccc12. The standard InChI is InChI=1S/C19H23NO5/c1-3-23-10-15-14-6-4-5-7-16(14)25-18(15)19(22)24-11-17(21)20-12(2)13-8-9-13/h4-7,12-13H,3,8-11H2,1-2H3,(H,20,21)/t12-/m0/s1. The lowest BCUT2D eigenvalue weighted by atomic mass is 10.1. The number of amides is 1. The monoisotopic (exact) mass is 345 g/mol. The summed E-state index contributed by atoms with van der Waals surface area (Å²) < 4.78 is 16.2. The van der Waals surface area contributed by atoms with Crippen LogP contribution in [0.5, 0.6) is 0 Å². The van der Waals surface area contributed by atoms with E-state index in [4.69, 9.17) is 13.9 Å². The Morgan fingerprint density at radius 3 is 2.80 bits per heavy atom. The van der Waals surface area contributed by atoms with Crippen molar-refractivity contribution in [2.45, 2.75) is 39.3 Å². The number of carbonyl (C=O) groups excluding carboxylic acids is 2. The van der Waals surface area contributed by atoms with Gasteiger partial charge in [0, 0.05) is 23.6 Å². The molecular formula is C19H23NO5. The lowest BCUT2D eigenvalue weighted by Crippen LogP contribution is -2.37. The maximum absolute atomic E-state index is 12.4. The Morgan fingerprint density at radius 2 is 2.08 bits per heavy atom. The minimum Gasteiger partial charge on any atom is -0.450 e. The van der Waals surface area contributed by atoms with Gasteiger partial charge in [-0.15, -0.1) is 0 Å². The van der Waals surface area contributed by atoms with Crippen LogP contribution in [0.15, 0.2) is 28.7 Å². The van der Waals surface area contributed by atoms with Gasteiger partial charge in [0.2, 0.25) is 5.76 Å². The van der Waals surface area contributed by atoms with Crippen molar-refractivity contribution in [1.29, 1.82) is 0 Å². The van der Waals surface area contributed by atoms with E-state index in [0.29, 0.717) is 23.7 Å². The van der Waals surface area contributed by atoms with Crippen molar-refractivity contribution >= 4 is 22.8 Å². The molecule has 134 valence electrons. The Kier molecular flexibility index (Phi) is 5.38. The Hall–Kier alpha value is -2.34. The van der Waals surface area contributed by atoms with Gasteiger partial charge in [0.15, 0.2) is 6.61 Å². The summed E-state index contributed by atoms with van der Waals surface area (Å²) in [5.74, 6) is -0.305. The van der Waals surface area contributed by atoms with Gasteiger partial charge in [-0.25, -0.2) is 4.79 Å². The van der Waals surface area contributed by atoms with E-state index in [0.717, 1.165) is 18.2 Å². The van der Waals surface area contributed by atoms with Gasteiger partial charge in [0.05, 0.1) is 6.61 Å². The molecule has 1 heterocycles. The minimum atomic E-state index is -0.653. The fraction of sp³-hybridized carbons (Fsp3) is 0.474. The molecule has 2 aromatic rings. The molecule has 0 saturated heterocycles. The molecule has 1 aliphatic rings. The third-order valence-electron chi connectivity index (χ3n) is 4.39. The molecule has 3 rings (SSSR count). The van der Waals surface area contributed by atoms with Gasteiger partial charge in [-0.1, -0.05) is 18.2 Å². The van der Waals surface area contributed by atoms with E-state index in [1.54, 1.807) is 6.07 Å². The summed E-state index contributed by atoms with van der Waals surface area (Å²) in [6, 6.07) is 7.47. The van der Waals surface area contributed by atoms with E-state index in [9.17, 15) is 9.59 Å². The molecule has 0 radical (unpaired) electrons. The van der Waals surface area contributed by atoms with Crippen LogP contribution in [0.1, 0.15) is 42.8 Å². The highest BCUT2D eigenvalue weighted by molar-refractivity contribution is 5.96. The molecule has 6 nitrogen and oxygen atoms in total. The molecule has 25 heavy (non-hydrogen) atoms. The van der Waals surface area contributed by atoms with Crippen molar-refractivity contribution in [2.75, 3.05) is 13.2 Å². The van der Waals surface area contributed by atoms with E-state index >= 15 is 0 Å². The number of para-hydroxylation sites is 1. The smallest absolute Gasteiger partial charge is 0.375 e. The Morgan fingerprint density at radius 1 is 1.32 bits per heavy atom. The topological polar surface area (TPSA) is 77.8 Å². The Labute approximate surface area is 146 Å². The highest BCUT2D eigenvalue weighted by Gasteiger charge is 2.29. The number of esters is 1. The maximum atomic E-state index is 12.4. The lowest BCUT2D eigenvalue weighted by molar-refractivity contribution is -0.125. The minimum absolute atomic E-state index is 0.0951. The third-order valence-corrected chi connectivity index (χ3v) is 4.39. The molecule has 1 atom stereocenters. The molecule has 1 aromatic heterocycles. The van der Waals surface area contributed by atoms with Crippen molar-refractivity contribution in [2.24, 2.45) is 5.92 Å². The summed E-state index contributed by atoms with van der Waals surface area (Å²) in [5.41, 5.74) is 1.24. The Bertz CT molecular complexity index is 762. The predicted molar refractivity (Wildman–Crippen MR) is 92.2 cm³/mol. The lowest BCUT2D eigenvalue weighted by Gasteiger charge is -2.12. The average Bonchev–Trinajstić information content (AvgIpc) is 3.39. The van der Waals surface area contributed by atoms with Crippen LogP contribution in [0.2, 0.25) is 0 Å². The molecule has 1 N–H and O–H groups in total. The fourth-order valence-corrected chi connectivity index (χ4v) is 2.82. The molecular weight excluding hydrogens is 322 g/mol. The van der Waals surface area contributed by atoms with Crippen LogP contribution in [0.4, 0.5) is 0 Å². The average molecular weight is 345 g/mol. The van der Waals surface area contributed by atoms with Crippen LogP contribution in [-0.2, 0) is 20.9 Å². The second-order valence-corrected chi connectivity index (χ2v) is 6.31. The van der Waals surface area contributed by atoms with Gasteiger partial charge in [-0.3, -0.25) is 4.79 Å². The zero-order chi connectivity index (χ0) is 17.8. The fourth-order valence-electron chi connectivity index (χ4n) is 2.82. The number of ether oxygens (including phenoxy) is 2. The molecule has 6 heteroatoms. The highest BCUT2D eigenvalue weighted by atomic mass is 16.5. The molecule has 0 bridgehead atoms. The van der Waals surface area contributed by atoms with Gasteiger partial charge in [0.25, 0.3) is 5.91 Å². The predicted octanol–water partition coefficient (Wildman–Crippen LogP) is 3.04. The summed E-state index contributed by atoms with van der Waals surface area (Å²) in [6.45, 7) is 4.31. The summed E-state index contributed by atoms with van der Waals surface area (Å²) in [6.07, 6.45) is 2.28. The zero-order valence-corrected chi connectivity index (χ0v) is 14.5. The largest absolute Gasteiger partial charge is 0.450 e. The first kappa shape index (κ1) is 17.5. The number of hydrogen-bond donors (Lipinski definition) is 1. The van der Waals surface area contributed by atoms with Gasteiger partial charge in [-0.05, 0) is 38.7 Å². The van der Waals surface area contributed by atoms with Crippen LogP contribution < -0.4 is 5.32 Å². The Balaban J connectivity index is 1.67. The van der Waals surface area contributed by atoms with Gasteiger partial charge >= 0.3 is 5.97 Å². The summed E-state index contributed by atoms with van der Waals surface area (Å²) in [5, 5.41) is 3.67. The molecule has 1 aliphatic carbocycles. The number of carbonyl (C=O) groups is 2. The normalized spacial score (nSPS) is 15.1. The number of furan rings is 1. The van der Waals surface area contributed by atoms with Crippen molar-refractivity contribution in [3.8, 4) is 0 Å². The number of fused-ring (bicyclic) bond motifs is 1. The quantitative estimate of drug-likeness (QED) is 0.744. The second-order valence-electron chi connectivity index (χ2n) is 6.31. The molecule has 1 aromatic carbocycles. The van der Waals surface area contributed by atoms with E-state index in [-0.39, 0.29) is 30.9 Å². The summed E-state index contributed by atoms with van der Waals surface area (Å²) >= 11 is 0. The van der Waals surface area contributed by atoms with Crippen LogP contribution >= 0.6 is 0 Å². The highest BCUT2D eigenvalue weighted by Crippen LogP contribution is 2.32. The summed E-state index contributed by atoms with van der Waals surface area (Å²) in [7, 11) is 0. The zero-order valence-electron chi connectivity index (χ0n) is 14.5. The van der Waals surface area contributed by atoms with Crippen LogP contribution in [0.25, 0.3) is 11.0 Å². The molecule has 0 aliphatic heterocycles. The van der Waals surface area contributed by atoms with Crippen LogP contribution in [0.3, 0.4) is 0 Å². The van der Waals surface area contributed by atoms with Crippen LogP contribution in [0, 0.1) is 5.92 Å². The molecule has 0 unspecified atom stereocenters. The molecule has 1 amide bonds. The number of nitrogens with one attached hydrogen (secondary N) is 1. The van der Waals surface area contributed by atoms with Gasteiger partial charge in [0.1, 0.15) is 5.58 Å². The van der Waals surface area contributed by atoms with E-state index in [1.165, 1.54) is 0 Å². The first-order valence-electron chi connectivity index (χ1n) is 8.64. The second kappa shape index (κ2) is 7.70. The maximum Gasteiger partial charge on any atom is 0.375 e. The number of hydrogen-bond acceptors (Lipinski definition) is 5. The van der Waals surface area contributed by atoms with E-state index in [2.05, 4.69) is 5.32 Å². The first-order chi connectivity index (χ1) is 12.1. The molecule has 1 fully saturated rings. The van der Waals surface area contributed by atoms with Crippen LogP contribution in [-0.4, -0.2) is 31.1 Å². The van der Waals surface area contributed by atoms with Crippen molar-refractivity contribution < 1.29 is 23.5 Å². The van der Waals surface area contributed by atoms with Gasteiger partial charge < -0.3 is 19.2 Å². The first-order valence-corrected chi connectivity index (χ1v) is 8.64. The number of benzene rings is 1. The molecule has 0 spiro atoms. The summed E-state index contributed by atoms with van der Waals surface area (Å²) in [4.78, 5) is 24.3. The number of rotatable bonds is 8. The van der Waals surface area contributed by atoms with Crippen molar-refractivity contribution in [3.63, 3.8) is 0 Å². The van der Waals surface area contributed by atoms with Gasteiger partial charge in [-0.2, -0.15) is 0 Å². The van der Waals surface area contributed by atoms with E-state index < -0.39 is 5.97 Å².